The number of aryl methyl sites for hydroxylation is 2. The summed E-state index contributed by atoms with van der Waals surface area (Å²) in [5.74, 6) is 0.516. The molecule has 2 aromatic carbocycles. The lowest BCUT2D eigenvalue weighted by molar-refractivity contribution is -0.00893. The van der Waals surface area contributed by atoms with Crippen LogP contribution in [0.5, 0.6) is 11.5 Å². The first-order valence-electron chi connectivity index (χ1n) is 10.1. The molecule has 2 heterocycles. The van der Waals surface area contributed by atoms with E-state index in [1.54, 1.807) is 12.1 Å². The van der Waals surface area contributed by atoms with E-state index in [0.29, 0.717) is 37.2 Å². The highest BCUT2D eigenvalue weighted by Gasteiger charge is 2.31. The highest BCUT2D eigenvalue weighted by Crippen LogP contribution is 2.31. The van der Waals surface area contributed by atoms with Gasteiger partial charge in [-0.25, -0.2) is 13.2 Å². The molecule has 0 bridgehead atoms. The number of benzene rings is 2. The summed E-state index contributed by atoms with van der Waals surface area (Å²) >= 11 is 6.25. The second-order valence-electron chi connectivity index (χ2n) is 7.86. The summed E-state index contributed by atoms with van der Waals surface area (Å²) in [4.78, 5) is 0. The van der Waals surface area contributed by atoms with Gasteiger partial charge in [0.05, 0.1) is 0 Å². The van der Waals surface area contributed by atoms with E-state index in [1.165, 1.54) is 28.7 Å². The van der Waals surface area contributed by atoms with Crippen LogP contribution in [0.4, 0.5) is 8.78 Å². The molecule has 0 aromatic heterocycles. The third kappa shape index (κ3) is 4.86. The predicted molar refractivity (Wildman–Crippen MR) is 108 cm³/mol. The molecule has 0 saturated heterocycles. The molecule has 0 fully saturated rings. The van der Waals surface area contributed by atoms with Crippen LogP contribution >= 0.6 is 11.8 Å². The standard InChI is InChI=1S/C22H24ClF2NO4/c23-26(11-17(27)21-5-1-13-9-15(24)3-7-19(13)29-21)12-18(28)22-6-2-14-10-16(25)4-8-20(14)30-22/h3-4,7-10,17-18,21-22,27-28H,1-2,5-6,11-12H2. The van der Waals surface area contributed by atoms with Gasteiger partial charge in [-0.2, -0.15) is 0 Å². The van der Waals surface area contributed by atoms with Crippen molar-refractivity contribution >= 4 is 11.8 Å². The molecular formula is C22H24ClF2NO4. The largest absolute Gasteiger partial charge is 0.487 e. The molecule has 2 aromatic rings. The van der Waals surface area contributed by atoms with E-state index in [0.717, 1.165) is 11.1 Å². The molecule has 30 heavy (non-hydrogen) atoms. The maximum absolute atomic E-state index is 13.3. The molecule has 2 N–H and O–H groups in total. The Bertz CT molecular complexity index is 828. The number of ether oxygens (including phenoxy) is 2. The second-order valence-corrected chi connectivity index (χ2v) is 8.33. The molecule has 0 amide bonds. The maximum atomic E-state index is 13.3. The Morgan fingerprint density at radius 2 is 1.30 bits per heavy atom. The Kier molecular flexibility index (Phi) is 6.43. The van der Waals surface area contributed by atoms with Crippen LogP contribution in [-0.2, 0) is 12.8 Å². The Balaban J connectivity index is 1.28. The number of fused-ring (bicyclic) bond motifs is 2. The molecule has 5 nitrogen and oxygen atoms in total. The third-order valence-corrected chi connectivity index (χ3v) is 5.90. The predicted octanol–water partition coefficient (Wildman–Crippen LogP) is 3.23. The van der Waals surface area contributed by atoms with Crippen molar-refractivity contribution in [3.05, 3.63) is 59.2 Å². The number of nitrogens with zero attached hydrogens (tertiary/aromatic N) is 1. The normalized spacial score (nSPS) is 22.5. The molecule has 4 atom stereocenters. The van der Waals surface area contributed by atoms with Gasteiger partial charge >= 0.3 is 0 Å². The van der Waals surface area contributed by atoms with E-state index >= 15 is 0 Å². The van der Waals surface area contributed by atoms with Gasteiger partial charge in [-0.05, 0) is 85.0 Å². The van der Waals surface area contributed by atoms with Gasteiger partial charge in [0.25, 0.3) is 0 Å². The van der Waals surface area contributed by atoms with E-state index in [-0.39, 0.29) is 24.7 Å². The van der Waals surface area contributed by atoms with Crippen molar-refractivity contribution in [3.8, 4) is 11.5 Å². The van der Waals surface area contributed by atoms with Crippen LogP contribution in [0.3, 0.4) is 0 Å². The summed E-state index contributed by atoms with van der Waals surface area (Å²) in [6.07, 6.45) is -0.366. The Labute approximate surface area is 178 Å². The van der Waals surface area contributed by atoms with E-state index < -0.39 is 24.4 Å². The minimum Gasteiger partial charge on any atom is -0.487 e. The van der Waals surface area contributed by atoms with Gasteiger partial charge < -0.3 is 19.7 Å². The Hall–Kier alpha value is -1.93. The third-order valence-electron chi connectivity index (χ3n) is 5.63. The lowest BCUT2D eigenvalue weighted by Gasteiger charge is -2.33. The van der Waals surface area contributed by atoms with Crippen molar-refractivity contribution in [2.24, 2.45) is 0 Å². The number of aliphatic hydroxyl groups excluding tert-OH is 2. The van der Waals surface area contributed by atoms with Crippen LogP contribution in [0.1, 0.15) is 24.0 Å². The number of rotatable bonds is 6. The SMILES string of the molecule is OC(CN(Cl)CC(O)C1CCc2cc(F)ccc2O1)C1CCc2cc(F)ccc2O1. The first-order valence-corrected chi connectivity index (χ1v) is 10.4. The number of hydrogen-bond acceptors (Lipinski definition) is 5. The van der Waals surface area contributed by atoms with Gasteiger partial charge in [-0.3, -0.25) is 0 Å². The van der Waals surface area contributed by atoms with E-state index in [9.17, 15) is 19.0 Å². The van der Waals surface area contributed by atoms with Gasteiger partial charge in [0, 0.05) is 13.1 Å². The number of hydrogen-bond donors (Lipinski definition) is 2. The minimum atomic E-state index is -0.871. The molecule has 2 aliphatic rings. The Morgan fingerprint density at radius 3 is 1.73 bits per heavy atom. The average Bonchev–Trinajstić information content (AvgIpc) is 2.72. The first-order chi connectivity index (χ1) is 14.4. The van der Waals surface area contributed by atoms with Crippen LogP contribution in [0, 0.1) is 11.6 Å². The van der Waals surface area contributed by atoms with E-state index in [4.69, 9.17) is 21.3 Å². The highest BCUT2D eigenvalue weighted by molar-refractivity contribution is 6.13. The monoisotopic (exact) mass is 439 g/mol. The van der Waals surface area contributed by atoms with Crippen LogP contribution < -0.4 is 9.47 Å². The highest BCUT2D eigenvalue weighted by atomic mass is 35.5. The van der Waals surface area contributed by atoms with Crippen molar-refractivity contribution in [1.29, 1.82) is 0 Å². The molecule has 2 aliphatic heterocycles. The number of aliphatic hydroxyl groups is 2. The fourth-order valence-electron chi connectivity index (χ4n) is 4.01. The lowest BCUT2D eigenvalue weighted by Crippen LogP contribution is -2.45. The molecule has 4 rings (SSSR count). The van der Waals surface area contributed by atoms with Gasteiger partial charge in [-0.1, -0.05) is 0 Å². The van der Waals surface area contributed by atoms with Gasteiger partial charge in [-0.15, -0.1) is 0 Å². The molecule has 0 radical (unpaired) electrons. The lowest BCUT2D eigenvalue weighted by atomic mass is 9.98. The Morgan fingerprint density at radius 1 is 0.867 bits per heavy atom. The summed E-state index contributed by atoms with van der Waals surface area (Å²) in [5.41, 5.74) is 1.57. The van der Waals surface area contributed by atoms with Crippen LogP contribution in [0.15, 0.2) is 36.4 Å². The minimum absolute atomic E-state index is 0.0916. The molecule has 4 unspecified atom stereocenters. The van der Waals surface area contributed by atoms with Crippen molar-refractivity contribution in [2.75, 3.05) is 13.1 Å². The summed E-state index contributed by atoms with van der Waals surface area (Å²) < 4.78 is 39.6. The van der Waals surface area contributed by atoms with Crippen molar-refractivity contribution < 1.29 is 28.5 Å². The fraction of sp³-hybridized carbons (Fsp3) is 0.455. The molecular weight excluding hydrogens is 416 g/mol. The second kappa shape index (κ2) is 9.06. The van der Waals surface area contributed by atoms with Crippen molar-refractivity contribution in [1.82, 2.24) is 4.42 Å². The molecule has 8 heteroatoms. The summed E-state index contributed by atoms with van der Waals surface area (Å²) in [6, 6.07) is 8.67. The van der Waals surface area contributed by atoms with E-state index in [1.807, 2.05) is 0 Å². The average molecular weight is 440 g/mol. The smallest absolute Gasteiger partial charge is 0.126 e. The topological polar surface area (TPSA) is 62.2 Å². The summed E-state index contributed by atoms with van der Waals surface area (Å²) in [6.45, 7) is 0.183. The molecule has 162 valence electrons. The first kappa shape index (κ1) is 21.3. The van der Waals surface area contributed by atoms with Crippen LogP contribution in [0.2, 0.25) is 0 Å². The fourth-order valence-corrected chi connectivity index (χ4v) is 4.30. The maximum Gasteiger partial charge on any atom is 0.126 e. The zero-order valence-corrected chi connectivity index (χ0v) is 17.1. The molecule has 0 spiro atoms. The quantitative estimate of drug-likeness (QED) is 0.677. The van der Waals surface area contributed by atoms with Crippen LogP contribution in [0.25, 0.3) is 0 Å². The van der Waals surface area contributed by atoms with Crippen molar-refractivity contribution in [3.63, 3.8) is 0 Å². The van der Waals surface area contributed by atoms with Gasteiger partial charge in [0.1, 0.15) is 47.5 Å². The molecule has 0 aliphatic carbocycles. The number of halogens is 3. The zero-order valence-electron chi connectivity index (χ0n) is 16.3. The van der Waals surface area contributed by atoms with Gasteiger partial charge in [0.15, 0.2) is 0 Å². The van der Waals surface area contributed by atoms with E-state index in [2.05, 4.69) is 0 Å². The van der Waals surface area contributed by atoms with Gasteiger partial charge in [0.2, 0.25) is 0 Å². The van der Waals surface area contributed by atoms with Crippen molar-refractivity contribution in [2.45, 2.75) is 50.1 Å². The zero-order chi connectivity index (χ0) is 21.3. The molecule has 0 saturated carbocycles. The van der Waals surface area contributed by atoms with Crippen LogP contribution in [-0.4, -0.2) is 52.1 Å². The summed E-state index contributed by atoms with van der Waals surface area (Å²) in [7, 11) is 0. The summed E-state index contributed by atoms with van der Waals surface area (Å²) in [5, 5.41) is 21.1.